The predicted octanol–water partition coefficient (Wildman–Crippen LogP) is 3.62. The maximum Gasteiger partial charge on any atom is 0.335 e. The quantitative estimate of drug-likeness (QED) is 0.366. The molecular weight excluding hydrogens is 418 g/mol. The Morgan fingerprint density at radius 2 is 1.42 bits per heavy atom. The van der Waals surface area contributed by atoms with Gasteiger partial charge < -0.3 is 20.1 Å². The maximum absolute atomic E-state index is 11.1. The molecule has 3 atom stereocenters. The molecule has 0 spiro atoms. The van der Waals surface area contributed by atoms with E-state index in [4.69, 9.17) is 9.84 Å². The molecule has 174 valence electrons. The number of nitrogens with zero attached hydrogens (tertiary/aromatic N) is 1. The van der Waals surface area contributed by atoms with E-state index in [0.717, 1.165) is 11.1 Å². The molecule has 3 aromatic carbocycles. The van der Waals surface area contributed by atoms with Crippen LogP contribution in [0.25, 0.3) is 0 Å². The van der Waals surface area contributed by atoms with Crippen LogP contribution in [0, 0.1) is 0 Å². The highest BCUT2D eigenvalue weighted by molar-refractivity contribution is 5.87. The Bertz CT molecular complexity index is 978. The molecular formula is C27H31NO5. The van der Waals surface area contributed by atoms with Crippen molar-refractivity contribution in [2.24, 2.45) is 0 Å². The van der Waals surface area contributed by atoms with Gasteiger partial charge in [-0.3, -0.25) is 4.90 Å². The molecule has 0 saturated carbocycles. The minimum Gasteiger partial charge on any atom is -0.491 e. The Morgan fingerprint density at radius 3 is 2.03 bits per heavy atom. The summed E-state index contributed by atoms with van der Waals surface area (Å²) >= 11 is 0. The summed E-state index contributed by atoms with van der Waals surface area (Å²) in [6.07, 6.45) is -0.576. The molecule has 0 fully saturated rings. The van der Waals surface area contributed by atoms with Crippen LogP contribution >= 0.6 is 0 Å². The van der Waals surface area contributed by atoms with Crippen LogP contribution in [0.15, 0.2) is 84.9 Å². The number of hydrogen-bond acceptors (Lipinski definition) is 5. The van der Waals surface area contributed by atoms with Gasteiger partial charge in [-0.05, 0) is 48.7 Å². The number of hydrogen-bond donors (Lipinski definition) is 3. The lowest BCUT2D eigenvalue weighted by Gasteiger charge is -2.35. The number of carbonyl (C=O) groups is 1. The summed E-state index contributed by atoms with van der Waals surface area (Å²) in [6, 6.07) is 25.7. The topological polar surface area (TPSA) is 90.2 Å². The highest BCUT2D eigenvalue weighted by Crippen LogP contribution is 2.17. The summed E-state index contributed by atoms with van der Waals surface area (Å²) in [5.41, 5.74) is 2.20. The van der Waals surface area contributed by atoms with Crippen molar-refractivity contribution < 1.29 is 24.9 Å². The van der Waals surface area contributed by atoms with Gasteiger partial charge in [0.1, 0.15) is 24.7 Å². The first-order valence-corrected chi connectivity index (χ1v) is 11.1. The van der Waals surface area contributed by atoms with Crippen LogP contribution in [0.2, 0.25) is 0 Å². The van der Waals surface area contributed by atoms with E-state index in [2.05, 4.69) is 0 Å². The minimum atomic E-state index is -0.962. The van der Waals surface area contributed by atoms with Crippen LogP contribution < -0.4 is 4.74 Å². The normalized spacial score (nSPS) is 13.9. The second-order valence-electron chi connectivity index (χ2n) is 8.20. The summed E-state index contributed by atoms with van der Waals surface area (Å²) in [6.45, 7) is 2.33. The maximum atomic E-state index is 11.1. The van der Waals surface area contributed by atoms with Crippen molar-refractivity contribution in [3.63, 3.8) is 0 Å². The Balaban J connectivity index is 1.68. The van der Waals surface area contributed by atoms with E-state index in [1.807, 2.05) is 72.5 Å². The molecule has 0 aliphatic rings. The van der Waals surface area contributed by atoms with Gasteiger partial charge in [-0.2, -0.15) is 0 Å². The largest absolute Gasteiger partial charge is 0.491 e. The molecule has 6 heteroatoms. The third kappa shape index (κ3) is 7.71. The molecule has 0 saturated heterocycles. The van der Waals surface area contributed by atoms with Crippen molar-refractivity contribution in [2.45, 2.75) is 38.1 Å². The van der Waals surface area contributed by atoms with Crippen LogP contribution in [0.3, 0.4) is 0 Å². The number of para-hydroxylation sites is 1. The van der Waals surface area contributed by atoms with E-state index in [0.29, 0.717) is 18.6 Å². The first-order chi connectivity index (χ1) is 15.9. The molecule has 0 aliphatic heterocycles. The number of benzene rings is 3. The number of carboxylic acid groups (broad SMARTS) is 1. The van der Waals surface area contributed by atoms with E-state index >= 15 is 0 Å². The molecule has 0 heterocycles. The molecule has 3 N–H and O–H groups in total. The van der Waals surface area contributed by atoms with Crippen molar-refractivity contribution in [3.8, 4) is 5.75 Å². The Hall–Kier alpha value is -3.19. The summed E-state index contributed by atoms with van der Waals surface area (Å²) in [7, 11) is 0. The zero-order chi connectivity index (χ0) is 23.6. The number of rotatable bonds is 12. The molecule has 33 heavy (non-hydrogen) atoms. The molecule has 6 nitrogen and oxygen atoms in total. The van der Waals surface area contributed by atoms with Crippen molar-refractivity contribution >= 4 is 5.97 Å². The molecule has 3 aromatic rings. The highest BCUT2D eigenvalue weighted by atomic mass is 16.5. The Labute approximate surface area is 194 Å². The van der Waals surface area contributed by atoms with Gasteiger partial charge in [-0.1, -0.05) is 60.7 Å². The van der Waals surface area contributed by atoms with E-state index in [1.54, 1.807) is 24.3 Å². The van der Waals surface area contributed by atoms with Gasteiger partial charge in [0, 0.05) is 19.0 Å². The lowest BCUT2D eigenvalue weighted by atomic mass is 10.0. The van der Waals surface area contributed by atoms with E-state index in [1.165, 1.54) is 0 Å². The fourth-order valence-corrected chi connectivity index (χ4v) is 3.78. The van der Waals surface area contributed by atoms with E-state index < -0.39 is 18.3 Å². The average molecular weight is 450 g/mol. The molecule has 0 amide bonds. The van der Waals surface area contributed by atoms with Gasteiger partial charge in [-0.15, -0.1) is 0 Å². The molecule has 0 unspecified atom stereocenters. The van der Waals surface area contributed by atoms with Crippen LogP contribution in [0.5, 0.6) is 5.75 Å². The smallest absolute Gasteiger partial charge is 0.335 e. The van der Waals surface area contributed by atoms with Crippen LogP contribution in [-0.2, 0) is 12.8 Å². The summed E-state index contributed by atoms with van der Waals surface area (Å²) in [5, 5.41) is 30.8. The second kappa shape index (κ2) is 12.2. The summed E-state index contributed by atoms with van der Waals surface area (Å²) < 4.78 is 5.69. The Morgan fingerprint density at radius 1 is 0.848 bits per heavy atom. The number of ether oxygens (including phenoxy) is 1. The Kier molecular flexibility index (Phi) is 9.01. The number of aliphatic hydroxyl groups is 2. The van der Waals surface area contributed by atoms with Gasteiger partial charge >= 0.3 is 5.97 Å². The van der Waals surface area contributed by atoms with Gasteiger partial charge in [-0.25, -0.2) is 4.79 Å². The SMILES string of the molecule is C[C@H](Cc1ccc(C(=O)O)cc1)N(C[C@@H](O)COc1ccccc1)[C@H](O)Cc1ccccc1. The molecule has 0 bridgehead atoms. The molecule has 3 rings (SSSR count). The van der Waals surface area contributed by atoms with Gasteiger partial charge in [0.05, 0.1) is 5.56 Å². The first kappa shape index (κ1) is 24.5. The summed E-state index contributed by atoms with van der Waals surface area (Å²) in [5.74, 6) is -0.282. The van der Waals surface area contributed by atoms with E-state index in [-0.39, 0.29) is 24.8 Å². The third-order valence-electron chi connectivity index (χ3n) is 5.55. The fraction of sp³-hybridized carbons (Fsp3) is 0.296. The fourth-order valence-electron chi connectivity index (χ4n) is 3.78. The molecule has 0 radical (unpaired) electrons. The molecule has 0 aliphatic carbocycles. The van der Waals surface area contributed by atoms with Gasteiger partial charge in [0.2, 0.25) is 0 Å². The zero-order valence-corrected chi connectivity index (χ0v) is 18.7. The van der Waals surface area contributed by atoms with Crippen LogP contribution in [0.1, 0.15) is 28.4 Å². The zero-order valence-electron chi connectivity index (χ0n) is 18.7. The molecule has 0 aromatic heterocycles. The van der Waals surface area contributed by atoms with Crippen molar-refractivity contribution in [3.05, 3.63) is 102 Å². The standard InChI is InChI=1S/C27H31NO5/c1-20(16-22-12-14-23(15-13-22)27(31)32)28(26(30)17-21-8-4-2-5-9-21)18-24(29)19-33-25-10-6-3-7-11-25/h2-15,20,24,26,29-30H,16-19H2,1H3,(H,31,32)/t20-,24-,26-/m1/s1. The highest BCUT2D eigenvalue weighted by Gasteiger charge is 2.25. The lowest BCUT2D eigenvalue weighted by Crippen LogP contribution is -2.48. The lowest BCUT2D eigenvalue weighted by molar-refractivity contribution is -0.0506. The minimum absolute atomic E-state index is 0.106. The third-order valence-corrected chi connectivity index (χ3v) is 5.55. The summed E-state index contributed by atoms with van der Waals surface area (Å²) in [4.78, 5) is 13.0. The monoisotopic (exact) mass is 449 g/mol. The van der Waals surface area contributed by atoms with E-state index in [9.17, 15) is 15.0 Å². The van der Waals surface area contributed by atoms with Crippen molar-refractivity contribution in [1.29, 1.82) is 0 Å². The number of aliphatic hydroxyl groups excluding tert-OH is 2. The number of carboxylic acids is 1. The average Bonchev–Trinajstić information content (AvgIpc) is 2.82. The van der Waals surface area contributed by atoms with Crippen LogP contribution in [0.4, 0.5) is 0 Å². The van der Waals surface area contributed by atoms with Crippen molar-refractivity contribution in [1.82, 2.24) is 4.90 Å². The van der Waals surface area contributed by atoms with Gasteiger partial charge in [0.25, 0.3) is 0 Å². The first-order valence-electron chi connectivity index (χ1n) is 11.1. The van der Waals surface area contributed by atoms with Crippen molar-refractivity contribution in [2.75, 3.05) is 13.2 Å². The number of aromatic carboxylic acids is 1. The van der Waals surface area contributed by atoms with Crippen LogP contribution in [-0.4, -0.2) is 57.7 Å². The van der Waals surface area contributed by atoms with Gasteiger partial charge in [0.15, 0.2) is 0 Å². The second-order valence-corrected chi connectivity index (χ2v) is 8.20. The predicted molar refractivity (Wildman–Crippen MR) is 127 cm³/mol.